The third kappa shape index (κ3) is 5.92. The highest BCUT2D eigenvalue weighted by Gasteiger charge is 2.23. The van der Waals surface area contributed by atoms with Crippen molar-refractivity contribution in [3.05, 3.63) is 35.6 Å². The van der Waals surface area contributed by atoms with Crippen molar-refractivity contribution >= 4 is 5.91 Å². The van der Waals surface area contributed by atoms with E-state index in [0.717, 1.165) is 31.2 Å². The summed E-state index contributed by atoms with van der Waals surface area (Å²) in [6, 6.07) is 6.91. The van der Waals surface area contributed by atoms with Crippen LogP contribution in [0.15, 0.2) is 24.3 Å². The zero-order valence-electron chi connectivity index (χ0n) is 13.9. The van der Waals surface area contributed by atoms with E-state index in [1.165, 1.54) is 12.1 Å². The fourth-order valence-corrected chi connectivity index (χ4v) is 3.32. The second kappa shape index (κ2) is 8.41. The van der Waals surface area contributed by atoms with Crippen LogP contribution in [0.5, 0.6) is 0 Å². The van der Waals surface area contributed by atoms with Gasteiger partial charge in [0.15, 0.2) is 0 Å². The number of benzene rings is 1. The Balaban J connectivity index is 1.73. The van der Waals surface area contributed by atoms with Gasteiger partial charge in [0.2, 0.25) is 5.91 Å². The molecule has 4 nitrogen and oxygen atoms in total. The van der Waals surface area contributed by atoms with E-state index in [4.69, 9.17) is 0 Å². The molecule has 0 aliphatic heterocycles. The van der Waals surface area contributed by atoms with Gasteiger partial charge in [0.05, 0.1) is 6.10 Å². The first-order chi connectivity index (χ1) is 10.9. The van der Waals surface area contributed by atoms with Crippen molar-refractivity contribution < 1.29 is 14.3 Å². The Bertz CT molecular complexity index is 498. The van der Waals surface area contributed by atoms with Crippen LogP contribution in [0.1, 0.15) is 57.6 Å². The summed E-state index contributed by atoms with van der Waals surface area (Å²) in [5, 5.41) is 16.8. The van der Waals surface area contributed by atoms with Gasteiger partial charge in [0.1, 0.15) is 5.82 Å². The first kappa shape index (κ1) is 17.9. The summed E-state index contributed by atoms with van der Waals surface area (Å²) in [6.07, 6.45) is 4.05. The van der Waals surface area contributed by atoms with E-state index in [1.54, 1.807) is 19.1 Å². The maximum absolute atomic E-state index is 12.9. The number of amides is 1. The van der Waals surface area contributed by atoms with Gasteiger partial charge < -0.3 is 15.7 Å². The quantitative estimate of drug-likeness (QED) is 0.754. The summed E-state index contributed by atoms with van der Waals surface area (Å²) in [6.45, 7) is 3.62. The minimum Gasteiger partial charge on any atom is -0.388 e. The van der Waals surface area contributed by atoms with Gasteiger partial charge in [0, 0.05) is 25.0 Å². The number of rotatable bonds is 6. The number of aliphatic hydroxyl groups is 1. The Morgan fingerprint density at radius 1 is 1.22 bits per heavy atom. The fourth-order valence-electron chi connectivity index (χ4n) is 3.32. The van der Waals surface area contributed by atoms with Crippen molar-refractivity contribution in [1.82, 2.24) is 10.6 Å². The normalized spacial score (nSPS) is 24.0. The summed E-state index contributed by atoms with van der Waals surface area (Å²) in [5.74, 6) is -0.250. The zero-order valence-corrected chi connectivity index (χ0v) is 13.9. The summed E-state index contributed by atoms with van der Waals surface area (Å²) in [7, 11) is 0. The molecule has 2 atom stereocenters. The number of aliphatic hydroxyl groups excluding tert-OH is 1. The maximum atomic E-state index is 12.9. The number of carbonyl (C=O) groups excluding carboxylic acids is 1. The molecule has 0 aromatic heterocycles. The molecule has 0 unspecified atom stereocenters. The molecule has 1 fully saturated rings. The molecule has 0 spiro atoms. The number of nitrogens with one attached hydrogen (secondary N) is 2. The minimum atomic E-state index is -0.589. The van der Waals surface area contributed by atoms with Gasteiger partial charge in [-0.05, 0) is 56.7 Å². The summed E-state index contributed by atoms with van der Waals surface area (Å²) < 4.78 is 12.9. The van der Waals surface area contributed by atoms with Crippen LogP contribution in [0.2, 0.25) is 0 Å². The summed E-state index contributed by atoms with van der Waals surface area (Å²) in [5.41, 5.74) is 0.745. The molecule has 128 valence electrons. The number of halogens is 1. The van der Waals surface area contributed by atoms with E-state index in [2.05, 4.69) is 17.6 Å². The molecule has 1 aliphatic rings. The lowest BCUT2D eigenvalue weighted by atomic mass is 9.90. The molecule has 1 amide bonds. The van der Waals surface area contributed by atoms with Crippen molar-refractivity contribution in [2.75, 3.05) is 0 Å². The van der Waals surface area contributed by atoms with Crippen molar-refractivity contribution in [1.29, 1.82) is 0 Å². The summed E-state index contributed by atoms with van der Waals surface area (Å²) >= 11 is 0. The van der Waals surface area contributed by atoms with Gasteiger partial charge in [-0.25, -0.2) is 4.39 Å². The molecule has 0 radical (unpaired) electrons. The third-order valence-electron chi connectivity index (χ3n) is 4.49. The van der Waals surface area contributed by atoms with Gasteiger partial charge in [-0.1, -0.05) is 12.1 Å². The van der Waals surface area contributed by atoms with E-state index >= 15 is 0 Å². The van der Waals surface area contributed by atoms with Crippen LogP contribution in [0, 0.1) is 5.82 Å². The molecule has 5 heteroatoms. The SMILES string of the molecule is CC(=O)NC1CCC(N[C@@H](C)C[C@H](O)c2ccc(F)cc2)CC1. The Morgan fingerprint density at radius 2 is 1.78 bits per heavy atom. The molecule has 23 heavy (non-hydrogen) atoms. The van der Waals surface area contributed by atoms with Crippen LogP contribution in [0.25, 0.3) is 0 Å². The lowest BCUT2D eigenvalue weighted by molar-refractivity contribution is -0.119. The van der Waals surface area contributed by atoms with Crippen LogP contribution in [-0.2, 0) is 4.79 Å². The molecule has 1 aliphatic carbocycles. The van der Waals surface area contributed by atoms with Crippen LogP contribution < -0.4 is 10.6 Å². The average molecular weight is 322 g/mol. The molecule has 0 bridgehead atoms. The summed E-state index contributed by atoms with van der Waals surface area (Å²) in [4.78, 5) is 11.1. The van der Waals surface area contributed by atoms with E-state index in [-0.39, 0.29) is 17.8 Å². The highest BCUT2D eigenvalue weighted by Crippen LogP contribution is 2.22. The Kier molecular flexibility index (Phi) is 6.54. The predicted molar refractivity (Wildman–Crippen MR) is 88.4 cm³/mol. The molecule has 3 N–H and O–H groups in total. The zero-order chi connectivity index (χ0) is 16.8. The van der Waals surface area contributed by atoms with Crippen molar-refractivity contribution in [3.63, 3.8) is 0 Å². The van der Waals surface area contributed by atoms with Gasteiger partial charge in [-0.15, -0.1) is 0 Å². The third-order valence-corrected chi connectivity index (χ3v) is 4.49. The van der Waals surface area contributed by atoms with Crippen molar-refractivity contribution in [2.24, 2.45) is 0 Å². The molecule has 1 saturated carbocycles. The first-order valence-corrected chi connectivity index (χ1v) is 8.40. The standard InChI is InChI=1S/C18H27FN2O2/c1-12(11-18(23)14-3-5-15(19)6-4-14)20-16-7-9-17(10-8-16)21-13(2)22/h3-6,12,16-18,20,23H,7-11H2,1-2H3,(H,21,22)/t12-,16?,17?,18-/m0/s1. The van der Waals surface area contributed by atoms with E-state index in [0.29, 0.717) is 18.5 Å². The van der Waals surface area contributed by atoms with Gasteiger partial charge in [0.25, 0.3) is 0 Å². The Morgan fingerprint density at radius 3 is 2.35 bits per heavy atom. The lowest BCUT2D eigenvalue weighted by Crippen LogP contribution is -2.44. The second-order valence-corrected chi connectivity index (χ2v) is 6.62. The van der Waals surface area contributed by atoms with Crippen molar-refractivity contribution in [3.8, 4) is 0 Å². The molecular formula is C18H27FN2O2. The van der Waals surface area contributed by atoms with Crippen molar-refractivity contribution in [2.45, 2.75) is 70.2 Å². The molecule has 1 aromatic carbocycles. The van der Waals surface area contributed by atoms with Crippen LogP contribution in [0.3, 0.4) is 0 Å². The number of carbonyl (C=O) groups is 1. The van der Waals surface area contributed by atoms with Gasteiger partial charge in [-0.3, -0.25) is 4.79 Å². The number of hydrogen-bond acceptors (Lipinski definition) is 3. The van der Waals surface area contributed by atoms with E-state index < -0.39 is 6.10 Å². The maximum Gasteiger partial charge on any atom is 0.217 e. The fraction of sp³-hybridized carbons (Fsp3) is 0.611. The highest BCUT2D eigenvalue weighted by atomic mass is 19.1. The van der Waals surface area contributed by atoms with E-state index in [9.17, 15) is 14.3 Å². The predicted octanol–water partition coefficient (Wildman–Crippen LogP) is 2.67. The Labute approximate surface area is 137 Å². The largest absolute Gasteiger partial charge is 0.388 e. The van der Waals surface area contributed by atoms with E-state index in [1.807, 2.05) is 0 Å². The smallest absolute Gasteiger partial charge is 0.217 e. The topological polar surface area (TPSA) is 61.4 Å². The highest BCUT2D eigenvalue weighted by molar-refractivity contribution is 5.73. The van der Waals surface area contributed by atoms with Crippen LogP contribution >= 0.6 is 0 Å². The second-order valence-electron chi connectivity index (χ2n) is 6.62. The molecule has 1 aromatic rings. The van der Waals surface area contributed by atoms with Gasteiger partial charge in [-0.2, -0.15) is 0 Å². The van der Waals surface area contributed by atoms with Gasteiger partial charge >= 0.3 is 0 Å². The lowest BCUT2D eigenvalue weighted by Gasteiger charge is -2.32. The van der Waals surface area contributed by atoms with Crippen LogP contribution in [0.4, 0.5) is 4.39 Å². The average Bonchev–Trinajstić information content (AvgIpc) is 2.49. The monoisotopic (exact) mass is 322 g/mol. The Hall–Kier alpha value is -1.46. The van der Waals surface area contributed by atoms with Crippen LogP contribution in [-0.4, -0.2) is 29.1 Å². The molecule has 2 rings (SSSR count). The molecule has 0 saturated heterocycles. The molecular weight excluding hydrogens is 295 g/mol. The number of hydrogen-bond donors (Lipinski definition) is 3. The minimum absolute atomic E-state index is 0.0391. The first-order valence-electron chi connectivity index (χ1n) is 8.40. The molecule has 0 heterocycles.